The van der Waals surface area contributed by atoms with E-state index in [0.717, 1.165) is 19.0 Å². The Balaban J connectivity index is 1.69. The van der Waals surface area contributed by atoms with Gasteiger partial charge in [-0.2, -0.15) is 5.26 Å². The van der Waals surface area contributed by atoms with Crippen molar-refractivity contribution in [2.45, 2.75) is 44.6 Å². The van der Waals surface area contributed by atoms with Crippen LogP contribution in [0.15, 0.2) is 24.3 Å². The van der Waals surface area contributed by atoms with Crippen LogP contribution < -0.4 is 5.32 Å². The molecule has 4 nitrogen and oxygen atoms in total. The maximum atomic E-state index is 12.0. The van der Waals surface area contributed by atoms with E-state index in [0.29, 0.717) is 17.7 Å². The van der Waals surface area contributed by atoms with Crippen LogP contribution in [0.1, 0.15) is 54.4 Å². The van der Waals surface area contributed by atoms with Crippen LogP contribution >= 0.6 is 0 Å². The number of benzene rings is 1. The zero-order valence-corrected chi connectivity index (χ0v) is 13.3. The number of nitrogens with one attached hydrogen (secondary N) is 1. The van der Waals surface area contributed by atoms with Crippen LogP contribution in [0, 0.1) is 11.3 Å². The SMILES string of the molecule is CN(CCCNC(=O)c1cccc(C#N)c1)C1CCCCC1. The molecular weight excluding hydrogens is 274 g/mol. The van der Waals surface area contributed by atoms with Crippen molar-refractivity contribution in [1.29, 1.82) is 5.26 Å². The van der Waals surface area contributed by atoms with Crippen molar-refractivity contribution in [3.8, 4) is 6.07 Å². The third-order valence-electron chi connectivity index (χ3n) is 4.43. The van der Waals surface area contributed by atoms with E-state index < -0.39 is 0 Å². The summed E-state index contributed by atoms with van der Waals surface area (Å²) in [6.45, 7) is 1.69. The largest absolute Gasteiger partial charge is 0.352 e. The van der Waals surface area contributed by atoms with Gasteiger partial charge in [0, 0.05) is 18.2 Å². The van der Waals surface area contributed by atoms with Gasteiger partial charge in [0.2, 0.25) is 0 Å². The highest BCUT2D eigenvalue weighted by molar-refractivity contribution is 5.94. The fraction of sp³-hybridized carbons (Fsp3) is 0.556. The van der Waals surface area contributed by atoms with Crippen LogP contribution in [-0.2, 0) is 0 Å². The van der Waals surface area contributed by atoms with E-state index in [1.165, 1.54) is 32.1 Å². The maximum Gasteiger partial charge on any atom is 0.251 e. The quantitative estimate of drug-likeness (QED) is 0.822. The first-order valence-corrected chi connectivity index (χ1v) is 8.19. The van der Waals surface area contributed by atoms with Crippen LogP contribution in [0.4, 0.5) is 0 Å². The summed E-state index contributed by atoms with van der Waals surface area (Å²) < 4.78 is 0. The van der Waals surface area contributed by atoms with Gasteiger partial charge in [-0.3, -0.25) is 4.79 Å². The number of nitrogens with zero attached hydrogens (tertiary/aromatic N) is 2. The van der Waals surface area contributed by atoms with E-state index in [-0.39, 0.29) is 5.91 Å². The normalized spacial score (nSPS) is 15.5. The van der Waals surface area contributed by atoms with Gasteiger partial charge in [-0.25, -0.2) is 0 Å². The highest BCUT2D eigenvalue weighted by atomic mass is 16.1. The van der Waals surface area contributed by atoms with Crippen molar-refractivity contribution in [3.63, 3.8) is 0 Å². The summed E-state index contributed by atoms with van der Waals surface area (Å²) in [4.78, 5) is 14.5. The summed E-state index contributed by atoms with van der Waals surface area (Å²) in [7, 11) is 2.19. The Hall–Kier alpha value is -1.86. The van der Waals surface area contributed by atoms with Gasteiger partial charge in [0.15, 0.2) is 0 Å². The molecule has 1 aliphatic carbocycles. The molecule has 0 bridgehead atoms. The maximum absolute atomic E-state index is 12.0. The Morgan fingerprint density at radius 2 is 2.14 bits per heavy atom. The Labute approximate surface area is 133 Å². The molecule has 1 aliphatic rings. The van der Waals surface area contributed by atoms with E-state index >= 15 is 0 Å². The van der Waals surface area contributed by atoms with Crippen molar-refractivity contribution >= 4 is 5.91 Å². The zero-order valence-electron chi connectivity index (χ0n) is 13.3. The molecule has 0 unspecified atom stereocenters. The van der Waals surface area contributed by atoms with Gasteiger partial charge >= 0.3 is 0 Å². The molecule has 118 valence electrons. The average Bonchev–Trinajstić information content (AvgIpc) is 2.59. The monoisotopic (exact) mass is 299 g/mol. The number of carbonyl (C=O) groups is 1. The second-order valence-electron chi connectivity index (χ2n) is 6.07. The summed E-state index contributed by atoms with van der Waals surface area (Å²) in [5, 5.41) is 11.8. The minimum Gasteiger partial charge on any atom is -0.352 e. The van der Waals surface area contributed by atoms with Gasteiger partial charge in [-0.15, -0.1) is 0 Å². The molecule has 1 saturated carbocycles. The molecule has 0 aromatic heterocycles. The van der Waals surface area contributed by atoms with Crippen LogP contribution in [-0.4, -0.2) is 37.0 Å². The molecule has 0 saturated heterocycles. The van der Waals surface area contributed by atoms with Gasteiger partial charge in [0.05, 0.1) is 11.6 Å². The van der Waals surface area contributed by atoms with Crippen LogP contribution in [0.5, 0.6) is 0 Å². The lowest BCUT2D eigenvalue weighted by Crippen LogP contribution is -2.35. The third kappa shape index (κ3) is 4.85. The minimum absolute atomic E-state index is 0.0996. The van der Waals surface area contributed by atoms with E-state index in [4.69, 9.17) is 5.26 Å². The van der Waals surface area contributed by atoms with Crippen molar-refractivity contribution in [2.75, 3.05) is 20.1 Å². The molecular formula is C18H25N3O. The van der Waals surface area contributed by atoms with Gasteiger partial charge in [0.1, 0.15) is 0 Å². The summed E-state index contributed by atoms with van der Waals surface area (Å²) >= 11 is 0. The molecule has 4 heteroatoms. The second kappa shape index (κ2) is 8.55. The van der Waals surface area contributed by atoms with Crippen molar-refractivity contribution < 1.29 is 4.79 Å². The molecule has 0 aliphatic heterocycles. The lowest BCUT2D eigenvalue weighted by atomic mass is 9.94. The van der Waals surface area contributed by atoms with E-state index in [2.05, 4.69) is 23.3 Å². The van der Waals surface area contributed by atoms with Crippen molar-refractivity contribution in [1.82, 2.24) is 10.2 Å². The number of rotatable bonds is 6. The number of hydrogen-bond acceptors (Lipinski definition) is 3. The Kier molecular flexibility index (Phi) is 6.42. The summed E-state index contributed by atoms with van der Waals surface area (Å²) in [6, 6.07) is 9.59. The topological polar surface area (TPSA) is 56.1 Å². The first-order chi connectivity index (χ1) is 10.7. The first-order valence-electron chi connectivity index (χ1n) is 8.19. The van der Waals surface area contributed by atoms with Crippen LogP contribution in [0.3, 0.4) is 0 Å². The predicted molar refractivity (Wildman–Crippen MR) is 87.6 cm³/mol. The van der Waals surface area contributed by atoms with Crippen LogP contribution in [0.25, 0.3) is 0 Å². The van der Waals surface area contributed by atoms with Gasteiger partial charge < -0.3 is 10.2 Å². The zero-order chi connectivity index (χ0) is 15.8. The molecule has 1 aromatic rings. The van der Waals surface area contributed by atoms with Crippen LogP contribution in [0.2, 0.25) is 0 Å². The van der Waals surface area contributed by atoms with Gasteiger partial charge in [0.25, 0.3) is 5.91 Å². The van der Waals surface area contributed by atoms with E-state index in [9.17, 15) is 4.79 Å². The molecule has 0 atom stereocenters. The standard InChI is InChI=1S/C18H25N3O/c1-21(17-9-3-2-4-10-17)12-6-11-20-18(22)16-8-5-7-15(13-16)14-19/h5,7-8,13,17H,2-4,6,9-12H2,1H3,(H,20,22). The fourth-order valence-electron chi connectivity index (χ4n) is 3.07. The average molecular weight is 299 g/mol. The van der Waals surface area contributed by atoms with Crippen molar-refractivity contribution in [2.24, 2.45) is 0 Å². The number of carbonyl (C=O) groups excluding carboxylic acids is 1. The molecule has 1 fully saturated rings. The molecule has 1 aromatic carbocycles. The lowest BCUT2D eigenvalue weighted by molar-refractivity contribution is 0.0950. The molecule has 0 heterocycles. The first kappa shape index (κ1) is 16.5. The molecule has 0 spiro atoms. The smallest absolute Gasteiger partial charge is 0.251 e. The molecule has 0 radical (unpaired) electrons. The molecule has 1 amide bonds. The lowest BCUT2D eigenvalue weighted by Gasteiger charge is -2.31. The number of nitriles is 1. The number of amides is 1. The third-order valence-corrected chi connectivity index (χ3v) is 4.43. The molecule has 1 N–H and O–H groups in total. The molecule has 2 rings (SSSR count). The number of hydrogen-bond donors (Lipinski definition) is 1. The highest BCUT2D eigenvalue weighted by Crippen LogP contribution is 2.21. The second-order valence-corrected chi connectivity index (χ2v) is 6.07. The Morgan fingerprint density at radius 1 is 1.36 bits per heavy atom. The van der Waals surface area contributed by atoms with Gasteiger partial charge in [-0.05, 0) is 51.1 Å². The summed E-state index contributed by atoms with van der Waals surface area (Å²) in [5.41, 5.74) is 1.07. The fourth-order valence-corrected chi connectivity index (χ4v) is 3.07. The van der Waals surface area contributed by atoms with Gasteiger partial charge in [-0.1, -0.05) is 25.3 Å². The Bertz CT molecular complexity index is 529. The predicted octanol–water partition coefficient (Wildman–Crippen LogP) is 2.94. The van der Waals surface area contributed by atoms with E-state index in [1.54, 1.807) is 24.3 Å². The summed E-state index contributed by atoms with van der Waals surface area (Å²) in [6.07, 6.45) is 7.65. The Morgan fingerprint density at radius 3 is 2.86 bits per heavy atom. The van der Waals surface area contributed by atoms with E-state index in [1.807, 2.05) is 0 Å². The minimum atomic E-state index is -0.0996. The highest BCUT2D eigenvalue weighted by Gasteiger charge is 2.17. The molecule has 22 heavy (non-hydrogen) atoms. The summed E-state index contributed by atoms with van der Waals surface area (Å²) in [5.74, 6) is -0.0996. The van der Waals surface area contributed by atoms with Crippen molar-refractivity contribution in [3.05, 3.63) is 35.4 Å².